The molecule has 0 aromatic rings. The molecule has 2 nitrogen and oxygen atoms in total. The summed E-state index contributed by atoms with van der Waals surface area (Å²) in [6.45, 7) is 12.0. The highest BCUT2D eigenvalue weighted by Crippen LogP contribution is 2.13. The van der Waals surface area contributed by atoms with Crippen molar-refractivity contribution in [2.24, 2.45) is 5.92 Å². The molecule has 1 heterocycles. The van der Waals surface area contributed by atoms with Crippen LogP contribution in [0.15, 0.2) is 0 Å². The lowest BCUT2D eigenvalue weighted by molar-refractivity contribution is 0.169. The minimum Gasteiger partial charge on any atom is -0.315 e. The molecular formula is C16H34N2. The predicted octanol–water partition coefficient (Wildman–Crippen LogP) is 3.67. The van der Waals surface area contributed by atoms with Gasteiger partial charge in [0.25, 0.3) is 0 Å². The third-order valence-electron chi connectivity index (χ3n) is 4.43. The topological polar surface area (TPSA) is 15.3 Å². The van der Waals surface area contributed by atoms with Crippen LogP contribution in [0, 0.1) is 5.92 Å². The summed E-state index contributed by atoms with van der Waals surface area (Å²) < 4.78 is 0. The molecule has 0 bridgehead atoms. The van der Waals surface area contributed by atoms with E-state index >= 15 is 0 Å². The first-order chi connectivity index (χ1) is 8.77. The van der Waals surface area contributed by atoms with Gasteiger partial charge in [0, 0.05) is 12.6 Å². The van der Waals surface area contributed by atoms with Crippen LogP contribution >= 0.6 is 0 Å². The van der Waals surface area contributed by atoms with Crippen molar-refractivity contribution < 1.29 is 0 Å². The molecule has 0 radical (unpaired) electrons. The summed E-state index contributed by atoms with van der Waals surface area (Å²) in [5.41, 5.74) is 0. The Balaban J connectivity index is 2.10. The van der Waals surface area contributed by atoms with Crippen molar-refractivity contribution in [3.63, 3.8) is 0 Å². The zero-order valence-electron chi connectivity index (χ0n) is 12.9. The van der Waals surface area contributed by atoms with Gasteiger partial charge in [0.1, 0.15) is 0 Å². The fraction of sp³-hybridized carbons (Fsp3) is 1.00. The smallest absolute Gasteiger partial charge is 0.0192 e. The Labute approximate surface area is 115 Å². The second-order valence-corrected chi connectivity index (χ2v) is 6.02. The van der Waals surface area contributed by atoms with Gasteiger partial charge in [-0.2, -0.15) is 0 Å². The number of nitrogens with zero attached hydrogens (tertiary/aromatic N) is 1. The van der Waals surface area contributed by atoms with Crippen molar-refractivity contribution in [1.29, 1.82) is 0 Å². The maximum Gasteiger partial charge on any atom is 0.0192 e. The van der Waals surface area contributed by atoms with Crippen LogP contribution in [0.4, 0.5) is 0 Å². The van der Waals surface area contributed by atoms with Crippen molar-refractivity contribution in [3.05, 3.63) is 0 Å². The standard InChI is InChI=1S/C16H34N2/c1-4-6-10-16(5-2)14-17-13-15(3)18-11-8-7-9-12-18/h15-17H,4-14H2,1-3H3. The normalized spacial score (nSPS) is 20.8. The number of likely N-dealkylation sites (tertiary alicyclic amines) is 1. The molecule has 2 atom stereocenters. The zero-order chi connectivity index (χ0) is 13.2. The van der Waals surface area contributed by atoms with E-state index in [-0.39, 0.29) is 0 Å². The molecule has 0 spiro atoms. The first-order valence-corrected chi connectivity index (χ1v) is 8.22. The second-order valence-electron chi connectivity index (χ2n) is 6.02. The second kappa shape index (κ2) is 9.80. The van der Waals surface area contributed by atoms with E-state index in [1.54, 1.807) is 0 Å². The molecule has 1 aliphatic rings. The van der Waals surface area contributed by atoms with Gasteiger partial charge in [-0.15, -0.1) is 0 Å². The van der Waals surface area contributed by atoms with E-state index in [1.807, 2.05) is 0 Å². The molecular weight excluding hydrogens is 220 g/mol. The monoisotopic (exact) mass is 254 g/mol. The van der Waals surface area contributed by atoms with Crippen LogP contribution in [0.3, 0.4) is 0 Å². The predicted molar refractivity (Wildman–Crippen MR) is 81.1 cm³/mol. The molecule has 1 N–H and O–H groups in total. The summed E-state index contributed by atoms with van der Waals surface area (Å²) >= 11 is 0. The van der Waals surface area contributed by atoms with E-state index in [2.05, 4.69) is 31.0 Å². The molecule has 0 saturated carbocycles. The summed E-state index contributed by atoms with van der Waals surface area (Å²) in [6, 6.07) is 0.717. The van der Waals surface area contributed by atoms with Gasteiger partial charge < -0.3 is 5.32 Å². The van der Waals surface area contributed by atoms with Gasteiger partial charge in [0.2, 0.25) is 0 Å². The Hall–Kier alpha value is -0.0800. The van der Waals surface area contributed by atoms with Gasteiger partial charge in [-0.1, -0.05) is 39.5 Å². The highest BCUT2D eigenvalue weighted by molar-refractivity contribution is 4.74. The zero-order valence-corrected chi connectivity index (χ0v) is 12.9. The third-order valence-corrected chi connectivity index (χ3v) is 4.43. The lowest BCUT2D eigenvalue weighted by Gasteiger charge is -2.32. The van der Waals surface area contributed by atoms with E-state index < -0.39 is 0 Å². The summed E-state index contributed by atoms with van der Waals surface area (Å²) in [6.07, 6.45) is 9.69. The molecule has 1 aliphatic heterocycles. The molecule has 0 aliphatic carbocycles. The van der Waals surface area contributed by atoms with Crippen molar-refractivity contribution in [1.82, 2.24) is 10.2 Å². The van der Waals surface area contributed by atoms with Crippen LogP contribution in [0.25, 0.3) is 0 Å². The van der Waals surface area contributed by atoms with Gasteiger partial charge in [0.15, 0.2) is 0 Å². The Morgan fingerprint density at radius 2 is 1.78 bits per heavy atom. The Bertz CT molecular complexity index is 188. The van der Waals surface area contributed by atoms with Crippen LogP contribution < -0.4 is 5.32 Å². The number of nitrogens with one attached hydrogen (secondary N) is 1. The van der Waals surface area contributed by atoms with E-state index in [1.165, 1.54) is 71.1 Å². The van der Waals surface area contributed by atoms with E-state index in [0.717, 1.165) is 5.92 Å². The van der Waals surface area contributed by atoms with E-state index in [9.17, 15) is 0 Å². The molecule has 1 saturated heterocycles. The minimum absolute atomic E-state index is 0.717. The molecule has 0 amide bonds. The largest absolute Gasteiger partial charge is 0.315 e. The molecule has 1 rings (SSSR count). The van der Waals surface area contributed by atoms with Crippen LogP contribution in [0.1, 0.15) is 65.7 Å². The highest BCUT2D eigenvalue weighted by Gasteiger charge is 2.16. The Kier molecular flexibility index (Phi) is 8.70. The fourth-order valence-corrected chi connectivity index (χ4v) is 2.93. The maximum absolute atomic E-state index is 3.70. The maximum atomic E-state index is 3.70. The lowest BCUT2D eigenvalue weighted by atomic mass is 9.99. The molecule has 0 aromatic carbocycles. The molecule has 2 heteroatoms. The lowest BCUT2D eigenvalue weighted by Crippen LogP contribution is -2.43. The van der Waals surface area contributed by atoms with Gasteiger partial charge in [-0.25, -0.2) is 0 Å². The van der Waals surface area contributed by atoms with Crippen LogP contribution in [0.2, 0.25) is 0 Å². The van der Waals surface area contributed by atoms with Crippen molar-refractivity contribution in [3.8, 4) is 0 Å². The summed E-state index contributed by atoms with van der Waals surface area (Å²) in [4.78, 5) is 2.66. The summed E-state index contributed by atoms with van der Waals surface area (Å²) in [7, 11) is 0. The number of unbranched alkanes of at least 4 members (excludes halogenated alkanes) is 1. The number of hydrogen-bond donors (Lipinski definition) is 1. The molecule has 108 valence electrons. The highest BCUT2D eigenvalue weighted by atomic mass is 15.2. The van der Waals surface area contributed by atoms with Gasteiger partial charge in [0.05, 0.1) is 0 Å². The third kappa shape index (κ3) is 6.19. The van der Waals surface area contributed by atoms with Gasteiger partial charge >= 0.3 is 0 Å². The average Bonchev–Trinajstić information content (AvgIpc) is 2.43. The fourth-order valence-electron chi connectivity index (χ4n) is 2.93. The average molecular weight is 254 g/mol. The van der Waals surface area contributed by atoms with E-state index in [4.69, 9.17) is 0 Å². The van der Waals surface area contributed by atoms with Crippen molar-refractivity contribution in [2.75, 3.05) is 26.2 Å². The van der Waals surface area contributed by atoms with Crippen LogP contribution in [0.5, 0.6) is 0 Å². The molecule has 18 heavy (non-hydrogen) atoms. The first kappa shape index (κ1) is 16.0. The van der Waals surface area contributed by atoms with Crippen LogP contribution in [-0.4, -0.2) is 37.1 Å². The number of rotatable bonds is 9. The van der Waals surface area contributed by atoms with Crippen molar-refractivity contribution in [2.45, 2.75) is 71.8 Å². The quantitative estimate of drug-likeness (QED) is 0.675. The van der Waals surface area contributed by atoms with Crippen LogP contribution in [-0.2, 0) is 0 Å². The van der Waals surface area contributed by atoms with Gasteiger partial charge in [-0.3, -0.25) is 4.90 Å². The molecule has 1 fully saturated rings. The van der Waals surface area contributed by atoms with Crippen molar-refractivity contribution >= 4 is 0 Å². The molecule has 0 aromatic heterocycles. The minimum atomic E-state index is 0.717. The van der Waals surface area contributed by atoms with E-state index in [0.29, 0.717) is 6.04 Å². The summed E-state index contributed by atoms with van der Waals surface area (Å²) in [5.74, 6) is 0.888. The Morgan fingerprint density at radius 1 is 1.06 bits per heavy atom. The first-order valence-electron chi connectivity index (χ1n) is 8.22. The molecule has 2 unspecified atom stereocenters. The summed E-state index contributed by atoms with van der Waals surface area (Å²) in [5, 5.41) is 3.70. The number of hydrogen-bond acceptors (Lipinski definition) is 2. The van der Waals surface area contributed by atoms with Gasteiger partial charge in [-0.05, 0) is 51.7 Å². The Morgan fingerprint density at radius 3 is 2.39 bits per heavy atom. The number of piperidine rings is 1. The SMILES string of the molecule is CCCCC(CC)CNCC(C)N1CCCCC1.